The van der Waals surface area contributed by atoms with Gasteiger partial charge in [0.25, 0.3) is 0 Å². The monoisotopic (exact) mass is 427 g/mol. The van der Waals surface area contributed by atoms with Gasteiger partial charge in [-0.25, -0.2) is 0 Å². The Kier molecular flexibility index (Phi) is 8.82. The molecule has 0 saturated carbocycles. The summed E-state index contributed by atoms with van der Waals surface area (Å²) < 4.78 is 5.95. The highest BCUT2D eigenvalue weighted by Crippen LogP contribution is 2.34. The number of likely N-dealkylation sites (N-methyl/N-ethyl adjacent to an activating group) is 1. The van der Waals surface area contributed by atoms with Gasteiger partial charge in [0.2, 0.25) is 0 Å². The molecule has 32 heavy (non-hydrogen) atoms. The van der Waals surface area contributed by atoms with E-state index in [-0.39, 0.29) is 5.78 Å². The summed E-state index contributed by atoms with van der Waals surface area (Å²) in [5.74, 6) is 1.08. The lowest BCUT2D eigenvalue weighted by Gasteiger charge is -2.18. The zero-order valence-corrected chi connectivity index (χ0v) is 19.4. The van der Waals surface area contributed by atoms with Crippen molar-refractivity contribution >= 4 is 16.9 Å². The minimum atomic E-state index is 0.220. The number of ketones is 1. The van der Waals surface area contributed by atoms with Crippen LogP contribution in [0.5, 0.6) is 5.75 Å². The summed E-state index contributed by atoms with van der Waals surface area (Å²) in [6, 6.07) is 29.6. The second kappa shape index (κ2) is 12.0. The van der Waals surface area contributed by atoms with Crippen molar-refractivity contribution in [3.05, 3.63) is 102 Å². The number of hydrogen-bond acceptors (Lipinski definition) is 3. The van der Waals surface area contributed by atoms with Crippen molar-refractivity contribution in [3.63, 3.8) is 0 Å². The number of allylic oxidation sites excluding steroid dienone is 1. The molecule has 3 heteroatoms. The molecule has 0 fully saturated rings. The van der Waals surface area contributed by atoms with E-state index in [0.29, 0.717) is 13.0 Å². The molecule has 0 aliphatic carbocycles. The van der Waals surface area contributed by atoms with Gasteiger partial charge >= 0.3 is 0 Å². The van der Waals surface area contributed by atoms with E-state index in [1.54, 1.807) is 6.92 Å². The van der Waals surface area contributed by atoms with Gasteiger partial charge in [-0.1, -0.05) is 79.7 Å². The summed E-state index contributed by atoms with van der Waals surface area (Å²) in [4.78, 5) is 13.3. The van der Waals surface area contributed by atoms with E-state index < -0.39 is 0 Å². The molecular weight excluding hydrogens is 394 g/mol. The number of ether oxygens (including phenoxy) is 1. The van der Waals surface area contributed by atoms with Crippen LogP contribution in [0.15, 0.2) is 84.9 Å². The Morgan fingerprint density at radius 3 is 1.91 bits per heavy atom. The van der Waals surface area contributed by atoms with Gasteiger partial charge in [-0.2, -0.15) is 0 Å². The average Bonchev–Trinajstić information content (AvgIpc) is 2.83. The van der Waals surface area contributed by atoms with Gasteiger partial charge in [0, 0.05) is 19.5 Å². The number of Topliss-reactive ketones (excluding diaryl/α,β-unsaturated/α-hetero) is 1. The Labute approximate surface area is 192 Å². The first-order valence-electron chi connectivity index (χ1n) is 11.3. The topological polar surface area (TPSA) is 29.5 Å². The molecule has 0 atom stereocenters. The summed E-state index contributed by atoms with van der Waals surface area (Å²) in [6.45, 7) is 6.00. The lowest BCUT2D eigenvalue weighted by atomic mass is 9.88. The molecule has 0 bridgehead atoms. The second-order valence-corrected chi connectivity index (χ2v) is 8.07. The average molecular weight is 428 g/mol. The van der Waals surface area contributed by atoms with E-state index in [1.165, 1.54) is 27.8 Å². The summed E-state index contributed by atoms with van der Waals surface area (Å²) in [6.07, 6.45) is 1.53. The summed E-state index contributed by atoms with van der Waals surface area (Å²) in [5.41, 5.74) is 6.24. The molecule has 0 heterocycles. The smallest absolute Gasteiger partial charge is 0.131 e. The number of hydrogen-bond donors (Lipinski definition) is 0. The summed E-state index contributed by atoms with van der Waals surface area (Å²) in [7, 11) is 2.02. The third-order valence-electron chi connectivity index (χ3n) is 5.57. The highest BCUT2D eigenvalue weighted by molar-refractivity contribution is 5.98. The largest absolute Gasteiger partial charge is 0.492 e. The fourth-order valence-electron chi connectivity index (χ4n) is 3.78. The Balaban J connectivity index is 1.80. The van der Waals surface area contributed by atoms with Crippen LogP contribution in [-0.4, -0.2) is 37.4 Å². The number of carbonyl (C=O) groups is 1. The van der Waals surface area contributed by atoms with Gasteiger partial charge < -0.3 is 9.64 Å². The van der Waals surface area contributed by atoms with E-state index >= 15 is 0 Å². The molecule has 0 aromatic heterocycles. The molecule has 0 radical (unpaired) electrons. The van der Waals surface area contributed by atoms with Crippen LogP contribution in [0, 0.1) is 0 Å². The zero-order valence-electron chi connectivity index (χ0n) is 19.4. The summed E-state index contributed by atoms with van der Waals surface area (Å²) >= 11 is 0. The standard InChI is InChI=1S/C29H33NO2/c1-4-28(24-11-7-5-8-12-24)29(25-13-9-6-10-14-25)26-15-17-27(18-16-26)32-22-21-30(3)20-19-23(2)31/h5-18H,4,19-22H2,1-3H3/b29-28-. The fourth-order valence-corrected chi connectivity index (χ4v) is 3.78. The van der Waals surface area contributed by atoms with Crippen molar-refractivity contribution < 1.29 is 9.53 Å². The Hall–Kier alpha value is -3.17. The molecule has 3 rings (SSSR count). The zero-order chi connectivity index (χ0) is 22.8. The van der Waals surface area contributed by atoms with Gasteiger partial charge in [0.05, 0.1) is 0 Å². The van der Waals surface area contributed by atoms with Crippen LogP contribution in [0.2, 0.25) is 0 Å². The van der Waals surface area contributed by atoms with Crippen molar-refractivity contribution in [3.8, 4) is 5.75 Å². The van der Waals surface area contributed by atoms with Crippen molar-refractivity contribution in [2.45, 2.75) is 26.7 Å². The molecule has 3 nitrogen and oxygen atoms in total. The van der Waals surface area contributed by atoms with Gasteiger partial charge in [-0.05, 0) is 60.4 Å². The third-order valence-corrected chi connectivity index (χ3v) is 5.57. The molecule has 166 valence electrons. The third kappa shape index (κ3) is 6.66. The van der Waals surface area contributed by atoms with Gasteiger partial charge in [0.15, 0.2) is 0 Å². The van der Waals surface area contributed by atoms with Gasteiger partial charge in [0.1, 0.15) is 18.1 Å². The SMILES string of the molecule is CC/C(=C(\c1ccccc1)c1ccc(OCCN(C)CCC(C)=O)cc1)c1ccccc1. The number of rotatable bonds is 11. The molecule has 0 N–H and O–H groups in total. The summed E-state index contributed by atoms with van der Waals surface area (Å²) in [5, 5.41) is 0. The van der Waals surface area contributed by atoms with Crippen LogP contribution < -0.4 is 4.74 Å². The second-order valence-electron chi connectivity index (χ2n) is 8.07. The highest BCUT2D eigenvalue weighted by Gasteiger charge is 2.13. The minimum Gasteiger partial charge on any atom is -0.492 e. The van der Waals surface area contributed by atoms with Crippen molar-refractivity contribution in [1.82, 2.24) is 4.90 Å². The van der Waals surface area contributed by atoms with Crippen LogP contribution in [0.3, 0.4) is 0 Å². The predicted molar refractivity (Wildman–Crippen MR) is 134 cm³/mol. The molecule has 0 aliphatic rings. The van der Waals surface area contributed by atoms with Gasteiger partial charge in [-0.3, -0.25) is 4.79 Å². The minimum absolute atomic E-state index is 0.220. The molecule has 0 saturated heterocycles. The Bertz CT molecular complexity index is 1010. The quantitative estimate of drug-likeness (QED) is 0.334. The normalized spacial score (nSPS) is 11.9. The lowest BCUT2D eigenvalue weighted by Crippen LogP contribution is -2.26. The van der Waals surface area contributed by atoms with Crippen LogP contribution in [0.25, 0.3) is 11.1 Å². The molecule has 0 amide bonds. The first-order valence-corrected chi connectivity index (χ1v) is 11.3. The fraction of sp³-hybridized carbons (Fsp3) is 0.276. The maximum atomic E-state index is 11.1. The number of benzene rings is 3. The molecule has 3 aromatic carbocycles. The van der Waals surface area contributed by atoms with E-state index in [0.717, 1.165) is 25.3 Å². The Morgan fingerprint density at radius 1 is 0.781 bits per heavy atom. The van der Waals surface area contributed by atoms with Crippen LogP contribution in [-0.2, 0) is 4.79 Å². The molecular formula is C29H33NO2. The van der Waals surface area contributed by atoms with Crippen molar-refractivity contribution in [1.29, 1.82) is 0 Å². The molecule has 0 aliphatic heterocycles. The Morgan fingerprint density at radius 2 is 1.34 bits per heavy atom. The number of nitrogens with zero attached hydrogens (tertiary/aromatic N) is 1. The predicted octanol–water partition coefficient (Wildman–Crippen LogP) is 6.35. The number of carbonyl (C=O) groups excluding carboxylic acids is 1. The lowest BCUT2D eigenvalue weighted by molar-refractivity contribution is -0.117. The van der Waals surface area contributed by atoms with E-state index in [2.05, 4.69) is 84.6 Å². The maximum absolute atomic E-state index is 11.1. The van der Waals surface area contributed by atoms with Crippen LogP contribution in [0.4, 0.5) is 0 Å². The maximum Gasteiger partial charge on any atom is 0.131 e. The van der Waals surface area contributed by atoms with Gasteiger partial charge in [-0.15, -0.1) is 0 Å². The van der Waals surface area contributed by atoms with Crippen LogP contribution >= 0.6 is 0 Å². The van der Waals surface area contributed by atoms with E-state index in [1.807, 2.05) is 19.2 Å². The molecule has 0 unspecified atom stereocenters. The highest BCUT2D eigenvalue weighted by atomic mass is 16.5. The van der Waals surface area contributed by atoms with E-state index in [9.17, 15) is 4.79 Å². The first kappa shape index (κ1) is 23.5. The van der Waals surface area contributed by atoms with Crippen molar-refractivity contribution in [2.24, 2.45) is 0 Å². The first-order chi connectivity index (χ1) is 15.6. The van der Waals surface area contributed by atoms with Crippen LogP contribution in [0.1, 0.15) is 43.4 Å². The van der Waals surface area contributed by atoms with E-state index in [4.69, 9.17) is 4.74 Å². The van der Waals surface area contributed by atoms with Crippen molar-refractivity contribution in [2.75, 3.05) is 26.7 Å². The molecule has 0 spiro atoms. The molecule has 3 aromatic rings.